The van der Waals surface area contributed by atoms with Crippen LogP contribution < -0.4 is 11.2 Å². The van der Waals surface area contributed by atoms with E-state index in [-0.39, 0.29) is 33.1 Å². The molecule has 0 fully saturated rings. The van der Waals surface area contributed by atoms with Gasteiger partial charge in [-0.05, 0) is 24.3 Å². The zero-order valence-electron chi connectivity index (χ0n) is 13.4. The molecule has 0 bridgehead atoms. The van der Waals surface area contributed by atoms with Crippen LogP contribution >= 0.6 is 39.1 Å². The van der Waals surface area contributed by atoms with Gasteiger partial charge < -0.3 is 5.11 Å². The first-order valence-electron chi connectivity index (χ1n) is 7.47. The monoisotopic (exact) mass is 474 g/mol. The lowest BCUT2D eigenvalue weighted by atomic mass is 10.2. The predicted molar refractivity (Wildman–Crippen MR) is 103 cm³/mol. The van der Waals surface area contributed by atoms with Crippen LogP contribution in [0.4, 0.5) is 4.39 Å². The summed E-state index contributed by atoms with van der Waals surface area (Å²) in [6, 6.07) is 6.78. The molecule has 0 saturated carbocycles. The van der Waals surface area contributed by atoms with Crippen LogP contribution in [0.5, 0.6) is 0 Å². The molecular formula is C17H10BrCl2FN2O4. The summed E-state index contributed by atoms with van der Waals surface area (Å²) in [5.41, 5.74) is -1.59. The summed E-state index contributed by atoms with van der Waals surface area (Å²) < 4.78 is 16.3. The second kappa shape index (κ2) is 7.46. The van der Waals surface area contributed by atoms with E-state index in [0.29, 0.717) is 4.47 Å². The minimum absolute atomic E-state index is 0.00238. The third-order valence-electron chi connectivity index (χ3n) is 3.88. The van der Waals surface area contributed by atoms with Crippen molar-refractivity contribution in [2.45, 2.75) is 13.1 Å². The summed E-state index contributed by atoms with van der Waals surface area (Å²) in [5, 5.41) is 9.17. The van der Waals surface area contributed by atoms with Gasteiger partial charge in [0.1, 0.15) is 12.4 Å². The Balaban J connectivity index is 2.34. The number of fused-ring (bicyclic) bond motifs is 1. The van der Waals surface area contributed by atoms with Crippen LogP contribution in [0.2, 0.25) is 10.0 Å². The summed E-state index contributed by atoms with van der Waals surface area (Å²) in [5.74, 6) is -1.92. The van der Waals surface area contributed by atoms with Crippen molar-refractivity contribution < 1.29 is 14.3 Å². The lowest BCUT2D eigenvalue weighted by Crippen LogP contribution is -2.41. The van der Waals surface area contributed by atoms with E-state index in [4.69, 9.17) is 28.3 Å². The van der Waals surface area contributed by atoms with Gasteiger partial charge in [-0.2, -0.15) is 0 Å². The highest BCUT2D eigenvalue weighted by Crippen LogP contribution is 2.25. The van der Waals surface area contributed by atoms with Crippen LogP contribution in [0.25, 0.3) is 10.9 Å². The Labute approximate surface area is 169 Å². The van der Waals surface area contributed by atoms with Crippen LogP contribution in [-0.2, 0) is 17.9 Å². The van der Waals surface area contributed by atoms with Gasteiger partial charge in [-0.1, -0.05) is 45.2 Å². The summed E-state index contributed by atoms with van der Waals surface area (Å²) in [7, 11) is 0. The molecule has 140 valence electrons. The second-order valence-corrected chi connectivity index (χ2v) is 7.43. The van der Waals surface area contributed by atoms with Crippen molar-refractivity contribution in [2.75, 3.05) is 0 Å². The van der Waals surface area contributed by atoms with Crippen molar-refractivity contribution in [2.24, 2.45) is 0 Å². The summed E-state index contributed by atoms with van der Waals surface area (Å²) in [6.07, 6.45) is 0. The van der Waals surface area contributed by atoms with Crippen molar-refractivity contribution >= 4 is 56.0 Å². The maximum atomic E-state index is 14.2. The molecule has 0 aliphatic heterocycles. The molecule has 2 aromatic carbocycles. The van der Waals surface area contributed by atoms with Gasteiger partial charge in [-0.15, -0.1) is 0 Å². The Morgan fingerprint density at radius 3 is 2.48 bits per heavy atom. The predicted octanol–water partition coefficient (Wildman–Crippen LogP) is 3.50. The lowest BCUT2D eigenvalue weighted by Gasteiger charge is -2.14. The molecule has 1 heterocycles. The van der Waals surface area contributed by atoms with Crippen molar-refractivity contribution in [1.29, 1.82) is 0 Å². The van der Waals surface area contributed by atoms with Crippen molar-refractivity contribution in [3.63, 3.8) is 0 Å². The van der Waals surface area contributed by atoms with Crippen LogP contribution in [-0.4, -0.2) is 20.2 Å². The SMILES string of the molecule is O=C(O)Cn1c(=O)n(Cc2ccc(Br)cc2F)c(=O)c2c(Cl)cc(Cl)cc21. The molecule has 0 aliphatic rings. The van der Waals surface area contributed by atoms with E-state index in [1.807, 2.05) is 0 Å². The van der Waals surface area contributed by atoms with Crippen LogP contribution in [0, 0.1) is 5.82 Å². The quantitative estimate of drug-likeness (QED) is 0.626. The third-order valence-corrected chi connectivity index (χ3v) is 4.89. The van der Waals surface area contributed by atoms with Gasteiger partial charge in [-0.25, -0.2) is 9.18 Å². The first-order chi connectivity index (χ1) is 12.7. The van der Waals surface area contributed by atoms with Crippen molar-refractivity contribution in [3.05, 3.63) is 77.1 Å². The van der Waals surface area contributed by atoms with Crippen LogP contribution in [0.1, 0.15) is 5.56 Å². The average molecular weight is 476 g/mol. The average Bonchev–Trinajstić information content (AvgIpc) is 2.56. The topological polar surface area (TPSA) is 81.3 Å². The normalized spacial score (nSPS) is 11.1. The molecule has 6 nitrogen and oxygen atoms in total. The number of hydrogen-bond donors (Lipinski definition) is 1. The molecule has 1 aromatic heterocycles. The Hall–Kier alpha value is -2.16. The zero-order valence-corrected chi connectivity index (χ0v) is 16.5. The van der Waals surface area contributed by atoms with Gasteiger partial charge in [-0.3, -0.25) is 18.7 Å². The molecule has 0 aliphatic carbocycles. The number of carbonyl (C=O) groups is 1. The third kappa shape index (κ3) is 3.78. The summed E-state index contributed by atoms with van der Waals surface area (Å²) in [4.78, 5) is 36.8. The van der Waals surface area contributed by atoms with Gasteiger partial charge in [0, 0.05) is 15.1 Å². The van der Waals surface area contributed by atoms with Gasteiger partial charge in [0.25, 0.3) is 5.56 Å². The number of hydrogen-bond acceptors (Lipinski definition) is 3. The minimum atomic E-state index is -1.30. The molecule has 0 radical (unpaired) electrons. The molecule has 3 rings (SSSR count). The number of rotatable bonds is 4. The highest BCUT2D eigenvalue weighted by molar-refractivity contribution is 9.10. The smallest absolute Gasteiger partial charge is 0.332 e. The number of nitrogens with zero attached hydrogens (tertiary/aromatic N) is 2. The largest absolute Gasteiger partial charge is 0.480 e. The number of benzene rings is 2. The molecule has 27 heavy (non-hydrogen) atoms. The highest BCUT2D eigenvalue weighted by Gasteiger charge is 2.19. The van der Waals surface area contributed by atoms with E-state index in [0.717, 1.165) is 9.13 Å². The number of halogens is 4. The molecule has 0 saturated heterocycles. The second-order valence-electron chi connectivity index (χ2n) is 5.67. The zero-order chi connectivity index (χ0) is 19.9. The number of aliphatic carboxylic acids is 1. The molecule has 0 unspecified atom stereocenters. The lowest BCUT2D eigenvalue weighted by molar-refractivity contribution is -0.137. The Kier molecular flexibility index (Phi) is 5.41. The van der Waals surface area contributed by atoms with Crippen molar-refractivity contribution in [3.8, 4) is 0 Å². The first kappa shape index (κ1) is 19.6. The Morgan fingerprint density at radius 1 is 1.15 bits per heavy atom. The fourth-order valence-electron chi connectivity index (χ4n) is 2.70. The number of carboxylic acid groups (broad SMARTS) is 1. The maximum absolute atomic E-state index is 14.2. The Bertz CT molecular complexity index is 1210. The molecule has 0 atom stereocenters. The maximum Gasteiger partial charge on any atom is 0.332 e. The summed E-state index contributed by atoms with van der Waals surface area (Å²) >= 11 is 15.2. The van der Waals surface area contributed by atoms with E-state index in [9.17, 15) is 18.8 Å². The van der Waals surface area contributed by atoms with Gasteiger partial charge >= 0.3 is 11.7 Å². The highest BCUT2D eigenvalue weighted by atomic mass is 79.9. The first-order valence-corrected chi connectivity index (χ1v) is 9.02. The fraction of sp³-hybridized carbons (Fsp3) is 0.118. The molecule has 3 aromatic rings. The van der Waals surface area contributed by atoms with E-state index in [1.165, 1.54) is 24.3 Å². The van der Waals surface area contributed by atoms with E-state index >= 15 is 0 Å². The standard InChI is InChI=1S/C17H10BrCl2FN2O4/c18-9-2-1-8(12(21)3-9)6-23-16(26)15-11(20)4-10(19)5-13(15)22(17(23)27)7-14(24)25/h1-5H,6-7H2,(H,24,25). The molecule has 10 heteroatoms. The van der Waals surface area contributed by atoms with Gasteiger partial charge in [0.15, 0.2) is 0 Å². The number of carboxylic acids is 1. The van der Waals surface area contributed by atoms with Gasteiger partial charge in [0.2, 0.25) is 0 Å². The van der Waals surface area contributed by atoms with Crippen LogP contribution in [0.15, 0.2) is 44.4 Å². The van der Waals surface area contributed by atoms with Crippen LogP contribution in [0.3, 0.4) is 0 Å². The van der Waals surface area contributed by atoms with Crippen molar-refractivity contribution in [1.82, 2.24) is 9.13 Å². The number of aromatic nitrogens is 2. The molecule has 0 amide bonds. The molecule has 1 N–H and O–H groups in total. The molecule has 0 spiro atoms. The Morgan fingerprint density at radius 2 is 1.85 bits per heavy atom. The van der Waals surface area contributed by atoms with Gasteiger partial charge in [0.05, 0.1) is 22.5 Å². The van der Waals surface area contributed by atoms with E-state index in [1.54, 1.807) is 6.07 Å². The molecular weight excluding hydrogens is 466 g/mol. The minimum Gasteiger partial charge on any atom is -0.480 e. The van der Waals surface area contributed by atoms with E-state index < -0.39 is 29.6 Å². The van der Waals surface area contributed by atoms with E-state index in [2.05, 4.69) is 15.9 Å². The summed E-state index contributed by atoms with van der Waals surface area (Å²) in [6.45, 7) is -1.10. The fourth-order valence-corrected chi connectivity index (χ4v) is 3.60.